The van der Waals surface area contributed by atoms with Crippen LogP contribution in [0.3, 0.4) is 0 Å². The molecule has 1 heterocycles. The van der Waals surface area contributed by atoms with Gasteiger partial charge in [-0.1, -0.05) is 36.4 Å². The number of aromatic nitrogens is 1. The molecule has 0 unspecified atom stereocenters. The molecular formula is C26H16F3N2O. The molecule has 0 spiro atoms. The fourth-order valence-corrected chi connectivity index (χ4v) is 4.11. The van der Waals surface area contributed by atoms with Crippen molar-refractivity contribution < 1.29 is 18.0 Å². The van der Waals surface area contributed by atoms with E-state index < -0.39 is 23.4 Å². The lowest BCUT2D eigenvalue weighted by molar-refractivity contribution is 0.100. The number of fused-ring (bicyclic) bond motifs is 3. The lowest BCUT2D eigenvalue weighted by Gasteiger charge is -2.11. The highest BCUT2D eigenvalue weighted by Crippen LogP contribution is 2.35. The first kappa shape index (κ1) is 19.9. The van der Waals surface area contributed by atoms with Crippen LogP contribution < -0.4 is 5.73 Å². The third-order valence-electron chi connectivity index (χ3n) is 5.59. The molecular weight excluding hydrogens is 413 g/mol. The van der Waals surface area contributed by atoms with Crippen LogP contribution >= 0.6 is 0 Å². The quantitative estimate of drug-likeness (QED) is 0.384. The highest BCUT2D eigenvalue weighted by molar-refractivity contribution is 6.18. The zero-order valence-electron chi connectivity index (χ0n) is 16.7. The van der Waals surface area contributed by atoms with Gasteiger partial charge in [0.1, 0.15) is 17.5 Å². The topological polar surface area (TPSA) is 48.0 Å². The summed E-state index contributed by atoms with van der Waals surface area (Å²) in [7, 11) is 0. The first-order valence-corrected chi connectivity index (χ1v) is 9.89. The van der Waals surface area contributed by atoms with Gasteiger partial charge in [-0.05, 0) is 41.5 Å². The first-order chi connectivity index (χ1) is 15.4. The fraction of sp³-hybridized carbons (Fsp3) is 0.0385. The molecule has 0 fully saturated rings. The van der Waals surface area contributed by atoms with Gasteiger partial charge in [-0.3, -0.25) is 4.79 Å². The smallest absolute Gasteiger partial charge is 0.249 e. The number of hydrogen-bond acceptors (Lipinski definition) is 1. The third-order valence-corrected chi connectivity index (χ3v) is 5.59. The van der Waals surface area contributed by atoms with Crippen LogP contribution in [0.15, 0.2) is 72.8 Å². The van der Waals surface area contributed by atoms with E-state index in [4.69, 9.17) is 5.73 Å². The van der Waals surface area contributed by atoms with Gasteiger partial charge in [-0.2, -0.15) is 0 Å². The summed E-state index contributed by atoms with van der Waals surface area (Å²) in [5.41, 5.74) is 8.59. The van der Waals surface area contributed by atoms with Crippen LogP contribution in [0.2, 0.25) is 0 Å². The Balaban J connectivity index is 1.83. The summed E-state index contributed by atoms with van der Waals surface area (Å²) in [6, 6.07) is 22.8. The Hall–Kier alpha value is -4.06. The number of carbonyl (C=O) groups is 1. The standard InChI is InChI=1S/C26H16F3N2O/c27-17-12-21(28)20(22(29)13-17)14-31-23-8-4-7-19(26(30)32)25(23)18-10-9-16(11-24(18)31)15-5-2-1-3-6-15/h1-9,11-13H,14H2,(H2,30,32). The third kappa shape index (κ3) is 3.21. The van der Waals surface area contributed by atoms with Gasteiger partial charge in [0.15, 0.2) is 0 Å². The Morgan fingerprint density at radius 3 is 2.28 bits per heavy atom. The lowest BCUT2D eigenvalue weighted by Crippen LogP contribution is -2.11. The first-order valence-electron chi connectivity index (χ1n) is 9.89. The van der Waals surface area contributed by atoms with Gasteiger partial charge in [0, 0.05) is 34.0 Å². The Morgan fingerprint density at radius 2 is 1.59 bits per heavy atom. The van der Waals surface area contributed by atoms with E-state index in [1.807, 2.05) is 36.4 Å². The molecule has 4 aromatic carbocycles. The molecule has 3 nitrogen and oxygen atoms in total. The van der Waals surface area contributed by atoms with Gasteiger partial charge >= 0.3 is 0 Å². The van der Waals surface area contributed by atoms with Gasteiger partial charge in [0.2, 0.25) is 5.91 Å². The van der Waals surface area contributed by atoms with E-state index in [1.165, 1.54) is 0 Å². The fourth-order valence-electron chi connectivity index (χ4n) is 4.11. The molecule has 0 saturated carbocycles. The number of benzene rings is 4. The zero-order chi connectivity index (χ0) is 22.4. The molecule has 1 amide bonds. The molecule has 0 aliphatic carbocycles. The zero-order valence-corrected chi connectivity index (χ0v) is 16.7. The van der Waals surface area contributed by atoms with Crippen molar-refractivity contribution in [1.29, 1.82) is 0 Å². The van der Waals surface area contributed by atoms with Crippen molar-refractivity contribution in [1.82, 2.24) is 4.57 Å². The van der Waals surface area contributed by atoms with Gasteiger partial charge < -0.3 is 10.3 Å². The minimum atomic E-state index is -0.985. The van der Waals surface area contributed by atoms with Gasteiger partial charge in [0.25, 0.3) is 0 Å². The summed E-state index contributed by atoms with van der Waals surface area (Å²) in [5, 5.41) is 1.16. The van der Waals surface area contributed by atoms with E-state index in [9.17, 15) is 18.0 Å². The van der Waals surface area contributed by atoms with Crippen molar-refractivity contribution in [2.24, 2.45) is 5.73 Å². The number of halogens is 3. The summed E-state index contributed by atoms with van der Waals surface area (Å²) in [5.74, 6) is -3.56. The number of nitrogens with two attached hydrogens (primary N) is 1. The number of hydrogen-bond donors (Lipinski definition) is 1. The second-order valence-electron chi connectivity index (χ2n) is 7.51. The van der Waals surface area contributed by atoms with E-state index in [2.05, 4.69) is 6.07 Å². The molecule has 157 valence electrons. The summed E-state index contributed by atoms with van der Waals surface area (Å²) < 4.78 is 44.1. The monoisotopic (exact) mass is 429 g/mol. The van der Waals surface area contributed by atoms with Crippen molar-refractivity contribution in [3.8, 4) is 11.1 Å². The predicted molar refractivity (Wildman–Crippen MR) is 118 cm³/mol. The van der Waals surface area contributed by atoms with E-state index in [1.54, 1.807) is 28.8 Å². The van der Waals surface area contributed by atoms with Crippen LogP contribution in [-0.2, 0) is 6.54 Å². The lowest BCUT2D eigenvalue weighted by atomic mass is 10.0. The highest BCUT2D eigenvalue weighted by atomic mass is 19.1. The molecule has 0 saturated heterocycles. The van der Waals surface area contributed by atoms with Crippen LogP contribution in [-0.4, -0.2) is 10.5 Å². The summed E-state index contributed by atoms with van der Waals surface area (Å²) in [4.78, 5) is 12.1. The number of primary amides is 1. The van der Waals surface area contributed by atoms with E-state index in [0.29, 0.717) is 33.9 Å². The van der Waals surface area contributed by atoms with Crippen LogP contribution in [0, 0.1) is 23.5 Å². The highest BCUT2D eigenvalue weighted by Gasteiger charge is 2.20. The summed E-state index contributed by atoms with van der Waals surface area (Å²) in [6.07, 6.45) is 0. The second kappa shape index (κ2) is 7.57. The number of nitrogens with zero attached hydrogens (tertiary/aromatic N) is 1. The van der Waals surface area contributed by atoms with E-state index in [-0.39, 0.29) is 17.7 Å². The Morgan fingerprint density at radius 1 is 0.875 bits per heavy atom. The molecule has 0 atom stereocenters. The minimum Gasteiger partial charge on any atom is -0.366 e. The SMILES string of the molecule is NC(=O)c1cccc2c1c1[c]cc(-c3ccccc3)cc1n2Cc1c(F)cc(F)cc1F. The molecule has 1 aromatic heterocycles. The number of rotatable bonds is 4. The number of amides is 1. The Kier molecular flexibility index (Phi) is 4.70. The largest absolute Gasteiger partial charge is 0.366 e. The molecule has 32 heavy (non-hydrogen) atoms. The van der Waals surface area contributed by atoms with Crippen molar-refractivity contribution >= 4 is 27.7 Å². The molecule has 5 aromatic rings. The molecule has 0 aliphatic heterocycles. The average molecular weight is 429 g/mol. The van der Waals surface area contributed by atoms with Crippen LogP contribution in [0.5, 0.6) is 0 Å². The van der Waals surface area contributed by atoms with E-state index in [0.717, 1.165) is 11.1 Å². The maximum absolute atomic E-state index is 14.5. The van der Waals surface area contributed by atoms with Crippen LogP contribution in [0.4, 0.5) is 13.2 Å². The molecule has 2 N–H and O–H groups in total. The minimum absolute atomic E-state index is 0.202. The van der Waals surface area contributed by atoms with Crippen molar-refractivity contribution in [2.45, 2.75) is 6.54 Å². The van der Waals surface area contributed by atoms with Crippen molar-refractivity contribution in [3.05, 3.63) is 107 Å². The molecule has 0 bridgehead atoms. The van der Waals surface area contributed by atoms with Crippen molar-refractivity contribution in [2.75, 3.05) is 0 Å². The predicted octanol–water partition coefficient (Wildman–Crippen LogP) is 5.83. The van der Waals surface area contributed by atoms with Gasteiger partial charge in [-0.25, -0.2) is 13.2 Å². The van der Waals surface area contributed by atoms with Crippen LogP contribution in [0.1, 0.15) is 15.9 Å². The van der Waals surface area contributed by atoms with Gasteiger partial charge in [-0.15, -0.1) is 0 Å². The van der Waals surface area contributed by atoms with E-state index >= 15 is 0 Å². The maximum atomic E-state index is 14.5. The Labute approximate surface area is 181 Å². The molecule has 1 radical (unpaired) electrons. The number of carbonyl (C=O) groups excluding carboxylic acids is 1. The van der Waals surface area contributed by atoms with Crippen LogP contribution in [0.25, 0.3) is 32.9 Å². The normalized spacial score (nSPS) is 11.3. The molecule has 6 heteroatoms. The Bertz CT molecular complexity index is 1480. The van der Waals surface area contributed by atoms with Crippen molar-refractivity contribution in [3.63, 3.8) is 0 Å². The molecule has 5 rings (SSSR count). The van der Waals surface area contributed by atoms with Gasteiger partial charge in [0.05, 0.1) is 17.6 Å². The summed E-state index contributed by atoms with van der Waals surface area (Å²) in [6.45, 7) is -0.202. The maximum Gasteiger partial charge on any atom is 0.249 e. The second-order valence-corrected chi connectivity index (χ2v) is 7.51. The molecule has 0 aliphatic rings. The summed E-state index contributed by atoms with van der Waals surface area (Å²) >= 11 is 0. The average Bonchev–Trinajstić information content (AvgIpc) is 3.09.